The van der Waals surface area contributed by atoms with E-state index in [0.29, 0.717) is 11.5 Å². The number of aromatic nitrogens is 2. The van der Waals surface area contributed by atoms with Crippen molar-refractivity contribution in [2.75, 3.05) is 41.3 Å². The first-order valence-corrected chi connectivity index (χ1v) is 9.84. The minimum absolute atomic E-state index is 0.194. The van der Waals surface area contributed by atoms with Crippen LogP contribution in [0.3, 0.4) is 0 Å². The molecule has 6 heteroatoms. The van der Waals surface area contributed by atoms with Crippen molar-refractivity contribution < 1.29 is 4.79 Å². The van der Waals surface area contributed by atoms with Crippen LogP contribution in [-0.2, 0) is 0 Å². The van der Waals surface area contributed by atoms with Gasteiger partial charge in [0.2, 0.25) is 5.95 Å². The van der Waals surface area contributed by atoms with Crippen LogP contribution in [0.4, 0.5) is 17.3 Å². The molecule has 1 amide bonds. The number of benzene rings is 1. The zero-order chi connectivity index (χ0) is 19.2. The monoisotopic (exact) mass is 367 g/mol. The van der Waals surface area contributed by atoms with E-state index in [4.69, 9.17) is 0 Å². The van der Waals surface area contributed by atoms with Crippen LogP contribution in [0.25, 0.3) is 0 Å². The molecule has 3 rings (SSSR count). The molecule has 0 spiro atoms. The SMILES string of the molecule is CCN(CC)c1ncc(C(=O)Nc2ccc(N3CCC(C)CC3)cc2)cn1. The van der Waals surface area contributed by atoms with E-state index in [0.717, 1.165) is 37.8 Å². The lowest BCUT2D eigenvalue weighted by Crippen LogP contribution is -2.32. The fourth-order valence-electron chi connectivity index (χ4n) is 3.33. The van der Waals surface area contributed by atoms with Gasteiger partial charge in [-0.2, -0.15) is 0 Å². The van der Waals surface area contributed by atoms with Crippen molar-refractivity contribution in [3.8, 4) is 0 Å². The lowest BCUT2D eigenvalue weighted by molar-refractivity contribution is 0.102. The zero-order valence-electron chi connectivity index (χ0n) is 16.5. The average Bonchev–Trinajstić information content (AvgIpc) is 2.71. The number of hydrogen-bond acceptors (Lipinski definition) is 5. The molecule has 1 fully saturated rings. The minimum Gasteiger partial charge on any atom is -0.372 e. The van der Waals surface area contributed by atoms with Gasteiger partial charge in [0.1, 0.15) is 0 Å². The van der Waals surface area contributed by atoms with Gasteiger partial charge < -0.3 is 15.1 Å². The van der Waals surface area contributed by atoms with Gasteiger partial charge in [-0.25, -0.2) is 9.97 Å². The maximum atomic E-state index is 12.4. The summed E-state index contributed by atoms with van der Waals surface area (Å²) in [5.41, 5.74) is 2.45. The van der Waals surface area contributed by atoms with Crippen LogP contribution in [0.5, 0.6) is 0 Å². The van der Waals surface area contributed by atoms with Crippen LogP contribution < -0.4 is 15.1 Å². The lowest BCUT2D eigenvalue weighted by atomic mass is 9.99. The van der Waals surface area contributed by atoms with Crippen molar-refractivity contribution in [1.82, 2.24) is 9.97 Å². The van der Waals surface area contributed by atoms with Crippen LogP contribution in [0.1, 0.15) is 44.0 Å². The molecule has 1 aromatic heterocycles. The van der Waals surface area contributed by atoms with Crippen LogP contribution in [-0.4, -0.2) is 42.1 Å². The van der Waals surface area contributed by atoms with Gasteiger partial charge in [-0.3, -0.25) is 4.79 Å². The van der Waals surface area contributed by atoms with Gasteiger partial charge in [-0.1, -0.05) is 6.92 Å². The molecule has 1 aliphatic heterocycles. The maximum Gasteiger partial charge on any atom is 0.258 e. The molecule has 2 aromatic rings. The van der Waals surface area contributed by atoms with E-state index in [2.05, 4.69) is 53.1 Å². The summed E-state index contributed by atoms with van der Waals surface area (Å²) in [4.78, 5) is 25.5. The highest BCUT2D eigenvalue weighted by Crippen LogP contribution is 2.24. The van der Waals surface area contributed by atoms with Crippen molar-refractivity contribution in [3.05, 3.63) is 42.2 Å². The number of amides is 1. The van der Waals surface area contributed by atoms with Gasteiger partial charge in [0.25, 0.3) is 5.91 Å². The predicted octanol–water partition coefficient (Wildman–Crippen LogP) is 3.81. The topological polar surface area (TPSA) is 61.4 Å². The first kappa shape index (κ1) is 19.1. The standard InChI is InChI=1S/C21H29N5O/c1-4-25(5-2)21-22-14-17(15-23-21)20(27)24-18-6-8-19(9-7-18)26-12-10-16(3)11-13-26/h6-9,14-16H,4-5,10-13H2,1-3H3,(H,24,27). The van der Waals surface area contributed by atoms with Crippen LogP contribution >= 0.6 is 0 Å². The van der Waals surface area contributed by atoms with Crippen molar-refractivity contribution >= 4 is 23.2 Å². The second-order valence-corrected chi connectivity index (χ2v) is 7.11. The smallest absolute Gasteiger partial charge is 0.258 e. The van der Waals surface area contributed by atoms with Crippen LogP contribution in [0, 0.1) is 5.92 Å². The Morgan fingerprint density at radius 3 is 2.26 bits per heavy atom. The van der Waals surface area contributed by atoms with Gasteiger partial charge in [-0.05, 0) is 56.9 Å². The summed E-state index contributed by atoms with van der Waals surface area (Å²) < 4.78 is 0. The summed E-state index contributed by atoms with van der Waals surface area (Å²) in [6.07, 6.45) is 5.64. The molecule has 0 bridgehead atoms. The van der Waals surface area contributed by atoms with E-state index < -0.39 is 0 Å². The van der Waals surface area contributed by atoms with Gasteiger partial charge in [0.15, 0.2) is 0 Å². The van der Waals surface area contributed by atoms with Gasteiger partial charge in [0, 0.05) is 49.9 Å². The first-order valence-electron chi connectivity index (χ1n) is 9.84. The Labute approximate surface area is 161 Å². The van der Waals surface area contributed by atoms with E-state index in [1.165, 1.54) is 18.5 Å². The highest BCUT2D eigenvalue weighted by atomic mass is 16.1. The highest BCUT2D eigenvalue weighted by Gasteiger charge is 2.16. The number of nitrogens with zero attached hydrogens (tertiary/aromatic N) is 4. The Hall–Kier alpha value is -2.63. The minimum atomic E-state index is -0.194. The Balaban J connectivity index is 1.60. The molecular weight excluding hydrogens is 338 g/mol. The fraction of sp³-hybridized carbons (Fsp3) is 0.476. The number of anilines is 3. The fourth-order valence-corrected chi connectivity index (χ4v) is 3.33. The zero-order valence-corrected chi connectivity index (χ0v) is 16.5. The molecule has 0 saturated carbocycles. The lowest BCUT2D eigenvalue weighted by Gasteiger charge is -2.32. The molecule has 1 aromatic carbocycles. The van der Waals surface area contributed by atoms with Crippen molar-refractivity contribution in [2.24, 2.45) is 5.92 Å². The average molecular weight is 367 g/mol. The Morgan fingerprint density at radius 1 is 1.11 bits per heavy atom. The summed E-state index contributed by atoms with van der Waals surface area (Å²) in [5.74, 6) is 1.27. The highest BCUT2D eigenvalue weighted by molar-refractivity contribution is 6.03. The second kappa shape index (κ2) is 8.84. The van der Waals surface area contributed by atoms with Crippen LogP contribution in [0.15, 0.2) is 36.7 Å². The summed E-state index contributed by atoms with van der Waals surface area (Å²) >= 11 is 0. The third-order valence-corrected chi connectivity index (χ3v) is 5.22. The summed E-state index contributed by atoms with van der Waals surface area (Å²) in [5, 5.41) is 2.92. The molecule has 1 aliphatic rings. The summed E-state index contributed by atoms with van der Waals surface area (Å²) in [6.45, 7) is 10.3. The maximum absolute atomic E-state index is 12.4. The van der Waals surface area contributed by atoms with E-state index >= 15 is 0 Å². The van der Waals surface area contributed by atoms with E-state index in [1.54, 1.807) is 12.4 Å². The Kier molecular flexibility index (Phi) is 6.27. The van der Waals surface area contributed by atoms with E-state index in [-0.39, 0.29) is 5.91 Å². The number of nitrogens with one attached hydrogen (secondary N) is 1. The molecule has 0 radical (unpaired) electrons. The van der Waals surface area contributed by atoms with Crippen molar-refractivity contribution in [1.29, 1.82) is 0 Å². The third kappa shape index (κ3) is 4.76. The second-order valence-electron chi connectivity index (χ2n) is 7.11. The van der Waals surface area contributed by atoms with Gasteiger partial charge >= 0.3 is 0 Å². The largest absolute Gasteiger partial charge is 0.372 e. The van der Waals surface area contributed by atoms with Gasteiger partial charge in [0.05, 0.1) is 5.56 Å². The Morgan fingerprint density at radius 2 is 1.70 bits per heavy atom. The summed E-state index contributed by atoms with van der Waals surface area (Å²) in [7, 11) is 0. The molecule has 0 aliphatic carbocycles. The number of piperidine rings is 1. The number of hydrogen-bond donors (Lipinski definition) is 1. The Bertz CT molecular complexity index is 732. The normalized spacial score (nSPS) is 14.9. The molecule has 0 unspecified atom stereocenters. The van der Waals surface area contributed by atoms with E-state index in [9.17, 15) is 4.79 Å². The number of rotatable bonds is 6. The first-order chi connectivity index (χ1) is 13.1. The molecule has 1 N–H and O–H groups in total. The third-order valence-electron chi connectivity index (χ3n) is 5.22. The molecule has 1 saturated heterocycles. The van der Waals surface area contributed by atoms with Crippen LogP contribution in [0.2, 0.25) is 0 Å². The molecule has 144 valence electrons. The molecule has 2 heterocycles. The molecule has 27 heavy (non-hydrogen) atoms. The molecular formula is C21H29N5O. The quantitative estimate of drug-likeness (QED) is 0.841. The van der Waals surface area contributed by atoms with E-state index in [1.807, 2.05) is 17.0 Å². The summed E-state index contributed by atoms with van der Waals surface area (Å²) in [6, 6.07) is 8.06. The molecule has 6 nitrogen and oxygen atoms in total. The van der Waals surface area contributed by atoms with Crippen molar-refractivity contribution in [2.45, 2.75) is 33.6 Å². The van der Waals surface area contributed by atoms with Crippen molar-refractivity contribution in [3.63, 3.8) is 0 Å². The predicted molar refractivity (Wildman–Crippen MR) is 111 cm³/mol. The number of carbonyl (C=O) groups is 1. The number of carbonyl (C=O) groups excluding carboxylic acids is 1. The molecule has 0 atom stereocenters. The van der Waals surface area contributed by atoms with Gasteiger partial charge in [-0.15, -0.1) is 0 Å².